The van der Waals surface area contributed by atoms with E-state index < -0.39 is 0 Å². The predicted octanol–water partition coefficient (Wildman–Crippen LogP) is 0.576. The Morgan fingerprint density at radius 3 is 3.00 bits per heavy atom. The zero-order valence-electron chi connectivity index (χ0n) is 10.8. The number of carbonyl (C=O) groups excluding carboxylic acids is 1. The summed E-state index contributed by atoms with van der Waals surface area (Å²) in [4.78, 5) is 12.1. The van der Waals surface area contributed by atoms with Crippen molar-refractivity contribution in [3.8, 4) is 0 Å². The van der Waals surface area contributed by atoms with E-state index in [9.17, 15) is 4.79 Å². The second-order valence-corrected chi connectivity index (χ2v) is 7.18. The van der Waals surface area contributed by atoms with Crippen LogP contribution in [-0.2, 0) is 9.53 Å². The molecule has 2 rings (SSSR count). The van der Waals surface area contributed by atoms with Crippen LogP contribution in [0.4, 0.5) is 0 Å². The molecule has 104 valence electrons. The standard InChI is InChI=1S/C12H22N2O2S2/c1-2-13-11-7-16-6-10(11)12(15)14-5-9-8-17-3-4-18-9/h9-11,13H,2-8H2,1H3,(H,14,15). The van der Waals surface area contributed by atoms with Gasteiger partial charge in [-0.25, -0.2) is 0 Å². The fourth-order valence-corrected chi connectivity index (χ4v) is 4.89. The molecular weight excluding hydrogens is 268 g/mol. The Balaban J connectivity index is 1.73. The van der Waals surface area contributed by atoms with Crippen LogP contribution in [0.3, 0.4) is 0 Å². The maximum Gasteiger partial charge on any atom is 0.227 e. The van der Waals surface area contributed by atoms with E-state index in [-0.39, 0.29) is 17.9 Å². The topological polar surface area (TPSA) is 50.4 Å². The highest BCUT2D eigenvalue weighted by Gasteiger charge is 2.33. The van der Waals surface area contributed by atoms with Crippen LogP contribution in [0.1, 0.15) is 6.92 Å². The van der Waals surface area contributed by atoms with E-state index in [0.29, 0.717) is 18.5 Å². The van der Waals surface area contributed by atoms with Crippen LogP contribution in [0.5, 0.6) is 0 Å². The van der Waals surface area contributed by atoms with Gasteiger partial charge in [0.15, 0.2) is 0 Å². The second kappa shape index (κ2) is 7.62. The van der Waals surface area contributed by atoms with Gasteiger partial charge in [-0.15, -0.1) is 0 Å². The van der Waals surface area contributed by atoms with Crippen molar-refractivity contribution in [3.63, 3.8) is 0 Å². The molecule has 4 nitrogen and oxygen atoms in total. The molecule has 0 aromatic carbocycles. The minimum absolute atomic E-state index is 0.0220. The minimum Gasteiger partial charge on any atom is -0.379 e. The van der Waals surface area contributed by atoms with E-state index in [2.05, 4.69) is 17.6 Å². The number of ether oxygens (including phenoxy) is 1. The molecule has 18 heavy (non-hydrogen) atoms. The lowest BCUT2D eigenvalue weighted by Gasteiger charge is -2.23. The van der Waals surface area contributed by atoms with Crippen molar-refractivity contribution in [2.75, 3.05) is 43.6 Å². The van der Waals surface area contributed by atoms with Crippen molar-refractivity contribution >= 4 is 29.4 Å². The molecule has 0 aromatic rings. The summed E-state index contributed by atoms with van der Waals surface area (Å²) in [6, 6.07) is 0.184. The maximum absolute atomic E-state index is 12.1. The molecule has 2 saturated heterocycles. The summed E-state index contributed by atoms with van der Waals surface area (Å²) >= 11 is 3.96. The number of hydrogen-bond acceptors (Lipinski definition) is 5. The number of nitrogens with one attached hydrogen (secondary N) is 2. The molecule has 2 N–H and O–H groups in total. The molecule has 0 radical (unpaired) electrons. The lowest BCUT2D eigenvalue weighted by molar-refractivity contribution is -0.125. The van der Waals surface area contributed by atoms with E-state index in [1.54, 1.807) is 0 Å². The number of rotatable bonds is 5. The molecule has 0 spiro atoms. The summed E-state index contributed by atoms with van der Waals surface area (Å²) in [5, 5.41) is 6.98. The van der Waals surface area contributed by atoms with E-state index in [1.165, 1.54) is 11.5 Å². The van der Waals surface area contributed by atoms with Crippen molar-refractivity contribution in [2.45, 2.75) is 18.2 Å². The molecule has 2 aliphatic heterocycles. The summed E-state index contributed by atoms with van der Waals surface area (Å²) in [5.74, 6) is 3.73. The summed E-state index contributed by atoms with van der Waals surface area (Å²) in [5.41, 5.74) is 0. The summed E-state index contributed by atoms with van der Waals surface area (Å²) in [6.45, 7) is 4.94. The zero-order chi connectivity index (χ0) is 12.8. The Labute approximate surface area is 117 Å². The van der Waals surface area contributed by atoms with Crippen molar-refractivity contribution in [2.24, 2.45) is 5.92 Å². The predicted molar refractivity (Wildman–Crippen MR) is 78.4 cm³/mol. The Hall–Kier alpha value is 0.0900. The molecule has 0 aromatic heterocycles. The van der Waals surface area contributed by atoms with Gasteiger partial charge in [-0.3, -0.25) is 4.79 Å². The first-order chi connectivity index (χ1) is 8.81. The van der Waals surface area contributed by atoms with Gasteiger partial charge in [0.25, 0.3) is 0 Å². The fraction of sp³-hybridized carbons (Fsp3) is 0.917. The van der Waals surface area contributed by atoms with Crippen molar-refractivity contribution in [1.29, 1.82) is 0 Å². The monoisotopic (exact) mass is 290 g/mol. The normalized spacial score (nSPS) is 32.4. The quantitative estimate of drug-likeness (QED) is 0.775. The Morgan fingerprint density at radius 1 is 1.39 bits per heavy atom. The Kier molecular flexibility index (Phi) is 6.14. The maximum atomic E-state index is 12.1. The fourth-order valence-electron chi connectivity index (χ4n) is 2.28. The first-order valence-corrected chi connectivity index (χ1v) is 8.79. The summed E-state index contributed by atoms with van der Waals surface area (Å²) in [6.07, 6.45) is 0. The van der Waals surface area contributed by atoms with E-state index >= 15 is 0 Å². The van der Waals surface area contributed by atoms with Crippen LogP contribution >= 0.6 is 23.5 Å². The molecule has 2 fully saturated rings. The third-order valence-corrected chi connectivity index (χ3v) is 6.12. The number of amides is 1. The van der Waals surface area contributed by atoms with Crippen LogP contribution < -0.4 is 10.6 Å². The van der Waals surface area contributed by atoms with Crippen LogP contribution in [0.15, 0.2) is 0 Å². The van der Waals surface area contributed by atoms with Gasteiger partial charge in [0.1, 0.15) is 0 Å². The van der Waals surface area contributed by atoms with Crippen LogP contribution in [0.25, 0.3) is 0 Å². The number of hydrogen-bond donors (Lipinski definition) is 2. The lowest BCUT2D eigenvalue weighted by Crippen LogP contribution is -2.45. The van der Waals surface area contributed by atoms with Gasteiger partial charge < -0.3 is 15.4 Å². The molecule has 6 heteroatoms. The second-order valence-electron chi connectivity index (χ2n) is 4.62. The van der Waals surface area contributed by atoms with Gasteiger partial charge in [-0.1, -0.05) is 6.92 Å². The summed E-state index contributed by atoms with van der Waals surface area (Å²) in [7, 11) is 0. The minimum atomic E-state index is -0.0220. The molecule has 0 bridgehead atoms. The van der Waals surface area contributed by atoms with Crippen LogP contribution in [0.2, 0.25) is 0 Å². The highest BCUT2D eigenvalue weighted by Crippen LogP contribution is 2.23. The van der Waals surface area contributed by atoms with Crippen LogP contribution in [-0.4, -0.2) is 60.8 Å². The average Bonchev–Trinajstić information content (AvgIpc) is 2.86. The first kappa shape index (κ1) is 14.5. The van der Waals surface area contributed by atoms with E-state index in [0.717, 1.165) is 18.8 Å². The number of carbonyl (C=O) groups is 1. The third-order valence-electron chi connectivity index (χ3n) is 3.27. The number of likely N-dealkylation sites (N-methyl/N-ethyl adjacent to an activating group) is 1. The first-order valence-electron chi connectivity index (χ1n) is 6.59. The Morgan fingerprint density at radius 2 is 2.28 bits per heavy atom. The third kappa shape index (κ3) is 4.05. The molecule has 1 amide bonds. The van der Waals surface area contributed by atoms with Gasteiger partial charge in [-0.2, -0.15) is 23.5 Å². The molecular formula is C12H22N2O2S2. The van der Waals surface area contributed by atoms with E-state index in [1.807, 2.05) is 23.5 Å². The van der Waals surface area contributed by atoms with Gasteiger partial charge in [-0.05, 0) is 6.54 Å². The van der Waals surface area contributed by atoms with Crippen molar-refractivity contribution < 1.29 is 9.53 Å². The van der Waals surface area contributed by atoms with Crippen molar-refractivity contribution in [1.82, 2.24) is 10.6 Å². The molecule has 0 saturated carbocycles. The zero-order valence-corrected chi connectivity index (χ0v) is 12.4. The molecule has 2 aliphatic rings. The largest absolute Gasteiger partial charge is 0.379 e. The smallest absolute Gasteiger partial charge is 0.227 e. The molecule has 2 heterocycles. The highest BCUT2D eigenvalue weighted by molar-refractivity contribution is 8.06. The van der Waals surface area contributed by atoms with Gasteiger partial charge in [0.05, 0.1) is 19.1 Å². The highest BCUT2D eigenvalue weighted by atomic mass is 32.2. The molecule has 3 unspecified atom stereocenters. The molecule has 0 aliphatic carbocycles. The SMILES string of the molecule is CCNC1COCC1C(=O)NCC1CSCCS1. The van der Waals surface area contributed by atoms with E-state index in [4.69, 9.17) is 4.74 Å². The average molecular weight is 290 g/mol. The van der Waals surface area contributed by atoms with Gasteiger partial charge in [0.2, 0.25) is 5.91 Å². The van der Waals surface area contributed by atoms with Crippen molar-refractivity contribution in [3.05, 3.63) is 0 Å². The van der Waals surface area contributed by atoms with Gasteiger partial charge >= 0.3 is 0 Å². The Bertz CT molecular complexity index is 273. The van der Waals surface area contributed by atoms with Gasteiger partial charge in [0, 0.05) is 35.1 Å². The summed E-state index contributed by atoms with van der Waals surface area (Å²) < 4.78 is 5.40. The van der Waals surface area contributed by atoms with Crippen LogP contribution in [0, 0.1) is 5.92 Å². The number of thioether (sulfide) groups is 2. The lowest BCUT2D eigenvalue weighted by atomic mass is 10.0. The molecule has 3 atom stereocenters.